The number of hydrogen-bond acceptors (Lipinski definition) is 3. The van der Waals surface area contributed by atoms with E-state index in [1.165, 1.54) is 0 Å². The number of nitrogen functional groups attached to an aromatic ring is 1. The quantitative estimate of drug-likeness (QED) is 0.907. The Labute approximate surface area is 124 Å². The Morgan fingerprint density at radius 1 is 1.25 bits per heavy atom. The van der Waals surface area contributed by atoms with Crippen molar-refractivity contribution >= 4 is 17.4 Å². The molecule has 2 N–H and O–H groups in total. The van der Waals surface area contributed by atoms with Crippen molar-refractivity contribution in [3.63, 3.8) is 0 Å². The summed E-state index contributed by atoms with van der Waals surface area (Å²) in [6.07, 6.45) is 0.652. The van der Waals surface area contributed by atoms with Gasteiger partial charge in [-0.15, -0.1) is 0 Å². The van der Waals surface area contributed by atoms with Gasteiger partial charge in [-0.1, -0.05) is 31.5 Å². The van der Waals surface area contributed by atoms with Crippen molar-refractivity contribution in [3.05, 3.63) is 52.7 Å². The number of nitrogens with zero attached hydrogens (tertiary/aromatic N) is 1. The molecular weight excluding hydrogens is 272 g/mol. The van der Waals surface area contributed by atoms with Gasteiger partial charge in [0.05, 0.1) is 6.61 Å². The number of rotatable bonds is 5. The molecule has 0 radical (unpaired) electrons. The molecule has 0 aliphatic heterocycles. The molecule has 0 aliphatic carbocycles. The third-order valence-corrected chi connectivity index (χ3v) is 3.03. The fraction of sp³-hybridized carbons (Fsp3) is 0.312. The Hall–Kier alpha value is -1.74. The van der Waals surface area contributed by atoms with E-state index in [0.29, 0.717) is 29.8 Å². The van der Waals surface area contributed by atoms with Gasteiger partial charge < -0.3 is 10.5 Å². The van der Waals surface area contributed by atoms with Gasteiger partial charge in [-0.3, -0.25) is 0 Å². The van der Waals surface area contributed by atoms with Crippen LogP contribution in [0.15, 0.2) is 36.4 Å². The van der Waals surface area contributed by atoms with E-state index in [2.05, 4.69) is 18.8 Å². The van der Waals surface area contributed by atoms with Crippen LogP contribution in [0.3, 0.4) is 0 Å². The summed E-state index contributed by atoms with van der Waals surface area (Å²) in [7, 11) is 0. The van der Waals surface area contributed by atoms with E-state index >= 15 is 0 Å². The minimum Gasteiger partial charge on any atom is -0.493 e. The zero-order valence-electron chi connectivity index (χ0n) is 11.8. The van der Waals surface area contributed by atoms with E-state index in [-0.39, 0.29) is 0 Å². The number of halogens is 1. The summed E-state index contributed by atoms with van der Waals surface area (Å²) in [5.74, 6) is 1.85. The van der Waals surface area contributed by atoms with Gasteiger partial charge in [0.2, 0.25) is 0 Å². The molecule has 1 aromatic carbocycles. The lowest BCUT2D eigenvalue weighted by molar-refractivity contribution is 0.269. The minimum absolute atomic E-state index is 0.476. The zero-order chi connectivity index (χ0) is 14.5. The van der Waals surface area contributed by atoms with Crippen LogP contribution in [-0.2, 0) is 6.42 Å². The summed E-state index contributed by atoms with van der Waals surface area (Å²) in [6.45, 7) is 4.92. The van der Waals surface area contributed by atoms with E-state index in [0.717, 1.165) is 17.0 Å². The van der Waals surface area contributed by atoms with Crippen molar-refractivity contribution in [1.29, 1.82) is 0 Å². The Morgan fingerprint density at radius 2 is 2.05 bits per heavy atom. The summed E-state index contributed by atoms with van der Waals surface area (Å²) in [5.41, 5.74) is 7.64. The van der Waals surface area contributed by atoms with E-state index in [4.69, 9.17) is 22.1 Å². The predicted octanol–water partition coefficient (Wildman–Crippen LogP) is 3.94. The van der Waals surface area contributed by atoms with Crippen LogP contribution in [0.1, 0.15) is 25.1 Å². The topological polar surface area (TPSA) is 48.1 Å². The molecule has 0 saturated carbocycles. The van der Waals surface area contributed by atoms with Crippen molar-refractivity contribution in [2.45, 2.75) is 20.3 Å². The van der Waals surface area contributed by atoms with Crippen LogP contribution in [0.5, 0.6) is 5.75 Å². The molecule has 1 aromatic heterocycles. The van der Waals surface area contributed by atoms with Crippen molar-refractivity contribution in [1.82, 2.24) is 4.98 Å². The second-order valence-corrected chi connectivity index (χ2v) is 5.62. The van der Waals surface area contributed by atoms with Crippen molar-refractivity contribution in [2.24, 2.45) is 5.92 Å². The van der Waals surface area contributed by atoms with E-state index in [9.17, 15) is 0 Å². The third kappa shape index (κ3) is 4.14. The van der Waals surface area contributed by atoms with Crippen molar-refractivity contribution in [2.75, 3.05) is 12.3 Å². The lowest BCUT2D eigenvalue weighted by Crippen LogP contribution is -2.07. The number of anilines is 1. The second-order valence-electron chi connectivity index (χ2n) is 5.19. The first-order valence-electron chi connectivity index (χ1n) is 6.67. The van der Waals surface area contributed by atoms with Crippen LogP contribution >= 0.6 is 11.6 Å². The Morgan fingerprint density at radius 3 is 2.75 bits per heavy atom. The van der Waals surface area contributed by atoms with Crippen LogP contribution in [0.2, 0.25) is 5.02 Å². The Kier molecular flexibility index (Phi) is 4.85. The van der Waals surface area contributed by atoms with Gasteiger partial charge in [0, 0.05) is 22.7 Å². The number of hydrogen-bond donors (Lipinski definition) is 1. The van der Waals surface area contributed by atoms with Crippen LogP contribution in [0, 0.1) is 5.92 Å². The van der Waals surface area contributed by atoms with E-state index < -0.39 is 0 Å². The molecule has 0 amide bonds. The number of ether oxygens (including phenoxy) is 1. The zero-order valence-corrected chi connectivity index (χ0v) is 12.5. The molecule has 0 spiro atoms. The molecule has 2 aromatic rings. The number of nitrogens with two attached hydrogens (primary N) is 1. The second kappa shape index (κ2) is 6.62. The molecular formula is C16H19ClN2O. The number of aromatic nitrogens is 1. The lowest BCUT2D eigenvalue weighted by Gasteiger charge is -2.13. The Balaban J connectivity index is 2.22. The van der Waals surface area contributed by atoms with Gasteiger partial charge in [0.15, 0.2) is 0 Å². The molecule has 0 bridgehead atoms. The average molecular weight is 291 g/mol. The first kappa shape index (κ1) is 14.7. The van der Waals surface area contributed by atoms with Crippen LogP contribution in [-0.4, -0.2) is 11.6 Å². The van der Waals surface area contributed by atoms with Gasteiger partial charge >= 0.3 is 0 Å². The molecule has 3 nitrogen and oxygen atoms in total. The maximum absolute atomic E-state index is 6.08. The first-order chi connectivity index (χ1) is 9.54. The highest BCUT2D eigenvalue weighted by atomic mass is 35.5. The van der Waals surface area contributed by atoms with Gasteiger partial charge in [0.1, 0.15) is 11.6 Å². The van der Waals surface area contributed by atoms with E-state index in [1.54, 1.807) is 6.07 Å². The monoisotopic (exact) mass is 290 g/mol. The summed E-state index contributed by atoms with van der Waals surface area (Å²) in [6, 6.07) is 11.3. The molecule has 0 unspecified atom stereocenters. The average Bonchev–Trinajstić information content (AvgIpc) is 2.37. The maximum atomic E-state index is 6.08. The molecule has 106 valence electrons. The minimum atomic E-state index is 0.476. The first-order valence-corrected chi connectivity index (χ1v) is 7.05. The van der Waals surface area contributed by atoms with Crippen molar-refractivity contribution in [3.8, 4) is 5.75 Å². The highest BCUT2D eigenvalue weighted by Gasteiger charge is 2.08. The van der Waals surface area contributed by atoms with Gasteiger partial charge in [-0.05, 0) is 36.2 Å². The highest BCUT2D eigenvalue weighted by molar-refractivity contribution is 6.30. The largest absolute Gasteiger partial charge is 0.493 e. The third-order valence-electron chi connectivity index (χ3n) is 2.79. The number of benzene rings is 1. The number of pyridine rings is 1. The fourth-order valence-electron chi connectivity index (χ4n) is 1.88. The fourth-order valence-corrected chi connectivity index (χ4v) is 2.07. The smallest absolute Gasteiger partial charge is 0.123 e. The molecule has 1 heterocycles. The molecule has 4 heteroatoms. The SMILES string of the molecule is CC(C)COc1ccc(Cl)cc1Cc1cccc(N)n1. The molecule has 0 aliphatic rings. The maximum Gasteiger partial charge on any atom is 0.123 e. The van der Waals surface area contributed by atoms with Crippen molar-refractivity contribution < 1.29 is 4.74 Å². The van der Waals surface area contributed by atoms with Crippen LogP contribution in [0.25, 0.3) is 0 Å². The highest BCUT2D eigenvalue weighted by Crippen LogP contribution is 2.25. The summed E-state index contributed by atoms with van der Waals surface area (Å²) < 4.78 is 5.84. The standard InChI is InChI=1S/C16H19ClN2O/c1-11(2)10-20-15-7-6-13(17)8-12(15)9-14-4-3-5-16(18)19-14/h3-8,11H,9-10H2,1-2H3,(H2,18,19). The van der Waals surface area contributed by atoms with Crippen LogP contribution < -0.4 is 10.5 Å². The molecule has 0 saturated heterocycles. The summed E-state index contributed by atoms with van der Waals surface area (Å²) in [4.78, 5) is 4.31. The Bertz CT molecular complexity index is 584. The predicted molar refractivity (Wildman–Crippen MR) is 83.2 cm³/mol. The van der Waals surface area contributed by atoms with E-state index in [1.807, 2.05) is 30.3 Å². The molecule has 0 atom stereocenters. The summed E-state index contributed by atoms with van der Waals surface area (Å²) in [5, 5.41) is 0.695. The normalized spacial score (nSPS) is 10.8. The van der Waals surface area contributed by atoms with Crippen LogP contribution in [0.4, 0.5) is 5.82 Å². The summed E-state index contributed by atoms with van der Waals surface area (Å²) >= 11 is 6.08. The van der Waals surface area contributed by atoms with Gasteiger partial charge in [-0.2, -0.15) is 0 Å². The lowest BCUT2D eigenvalue weighted by atomic mass is 10.1. The van der Waals surface area contributed by atoms with Gasteiger partial charge in [0.25, 0.3) is 0 Å². The molecule has 20 heavy (non-hydrogen) atoms. The molecule has 2 rings (SSSR count). The van der Waals surface area contributed by atoms with Gasteiger partial charge in [-0.25, -0.2) is 4.98 Å². The molecule has 0 fully saturated rings.